The molecule has 1 aliphatic rings. The first kappa shape index (κ1) is 19.4. The normalized spacial score (nSPS) is 16.3. The Bertz CT molecular complexity index is 917. The predicted octanol–water partition coefficient (Wildman–Crippen LogP) is 2.71. The molecule has 0 bridgehead atoms. The van der Waals surface area contributed by atoms with E-state index in [1.54, 1.807) is 12.1 Å². The van der Waals surface area contributed by atoms with Gasteiger partial charge in [0.15, 0.2) is 6.04 Å². The Labute approximate surface area is 156 Å². The molecule has 0 radical (unpaired) electrons. The fraction of sp³-hybridized carbons (Fsp3) is 0.235. The molecule has 2 heterocycles. The van der Waals surface area contributed by atoms with Crippen molar-refractivity contribution < 1.29 is 27.1 Å². The van der Waals surface area contributed by atoms with Crippen molar-refractivity contribution in [1.29, 1.82) is 0 Å². The summed E-state index contributed by atoms with van der Waals surface area (Å²) < 4.78 is 56.0. The van der Waals surface area contributed by atoms with Crippen LogP contribution in [0.15, 0.2) is 41.5 Å². The predicted molar refractivity (Wildman–Crippen MR) is 94.2 cm³/mol. The van der Waals surface area contributed by atoms with Gasteiger partial charge in [0.2, 0.25) is 0 Å². The Balaban J connectivity index is 1.67. The van der Waals surface area contributed by atoms with Gasteiger partial charge in [-0.2, -0.15) is 13.2 Å². The number of nitrogen functional groups attached to an aromatic ring is 1. The van der Waals surface area contributed by atoms with E-state index in [0.717, 1.165) is 6.07 Å². The number of pyridine rings is 1. The van der Waals surface area contributed by atoms with Crippen LogP contribution in [0.25, 0.3) is 0 Å². The third-order valence-electron chi connectivity index (χ3n) is 3.82. The number of aromatic nitrogens is 1. The maximum Gasteiger partial charge on any atom is 0.468 e. The molecule has 3 rings (SSSR count). The molecule has 4 N–H and O–H groups in total. The summed E-state index contributed by atoms with van der Waals surface area (Å²) in [5, 5.41) is 5.33. The number of nitrogens with two attached hydrogens (primary N) is 1. The number of nitrogens with zero attached hydrogens (tertiary/aromatic N) is 2. The number of carbonyl (C=O) groups is 1. The molecule has 0 fully saturated rings. The van der Waals surface area contributed by atoms with E-state index < -0.39 is 36.4 Å². The van der Waals surface area contributed by atoms with Crippen LogP contribution in [0.2, 0.25) is 0 Å². The minimum Gasteiger partial charge on any atom is -0.472 e. The topological polar surface area (TPSA) is 102 Å². The zero-order valence-electron chi connectivity index (χ0n) is 14.3. The van der Waals surface area contributed by atoms with Crippen LogP contribution in [0.4, 0.5) is 34.8 Å². The summed E-state index contributed by atoms with van der Waals surface area (Å²) in [5.74, 6) is -2.52. The molecule has 1 amide bonds. The van der Waals surface area contributed by atoms with Gasteiger partial charge >= 0.3 is 6.18 Å². The molecule has 0 saturated carbocycles. The van der Waals surface area contributed by atoms with Crippen molar-refractivity contribution in [2.75, 3.05) is 23.0 Å². The number of nitrogens with one attached hydrogen (secondary N) is 2. The fourth-order valence-corrected chi connectivity index (χ4v) is 2.43. The van der Waals surface area contributed by atoms with Crippen LogP contribution < -0.4 is 16.4 Å². The van der Waals surface area contributed by atoms with E-state index >= 15 is 0 Å². The zero-order chi connectivity index (χ0) is 20.3. The highest BCUT2D eigenvalue weighted by molar-refractivity contribution is 5.98. The number of aliphatic imine (C=N–C) groups is 1. The number of benzene rings is 1. The molecule has 148 valence electrons. The summed E-state index contributed by atoms with van der Waals surface area (Å²) in [7, 11) is 0. The van der Waals surface area contributed by atoms with Crippen LogP contribution in [0.5, 0.6) is 0 Å². The largest absolute Gasteiger partial charge is 0.472 e. The molecule has 1 aromatic carbocycles. The first-order chi connectivity index (χ1) is 13.2. The van der Waals surface area contributed by atoms with Crippen LogP contribution >= 0.6 is 0 Å². The second kappa shape index (κ2) is 7.71. The van der Waals surface area contributed by atoms with E-state index in [1.807, 2.05) is 0 Å². The van der Waals surface area contributed by atoms with Crippen LogP contribution in [0.1, 0.15) is 5.56 Å². The Morgan fingerprint density at radius 2 is 2.11 bits per heavy atom. The van der Waals surface area contributed by atoms with E-state index in [0.29, 0.717) is 5.69 Å². The Morgan fingerprint density at radius 1 is 1.32 bits per heavy atom. The quantitative estimate of drug-likeness (QED) is 0.674. The molecule has 11 heteroatoms. The number of rotatable bonds is 5. The summed E-state index contributed by atoms with van der Waals surface area (Å²) in [6.07, 6.45) is -3.24. The van der Waals surface area contributed by atoms with E-state index in [9.17, 15) is 22.4 Å². The molecule has 1 atom stereocenters. The van der Waals surface area contributed by atoms with Gasteiger partial charge in [-0.25, -0.2) is 14.4 Å². The summed E-state index contributed by atoms with van der Waals surface area (Å²) >= 11 is 0. The van der Waals surface area contributed by atoms with Gasteiger partial charge < -0.3 is 21.1 Å². The highest BCUT2D eigenvalue weighted by Crippen LogP contribution is 2.24. The van der Waals surface area contributed by atoms with Crippen molar-refractivity contribution in [3.05, 3.63) is 47.9 Å². The molecule has 1 aliphatic heterocycles. The summed E-state index contributed by atoms with van der Waals surface area (Å²) in [4.78, 5) is 19.2. The van der Waals surface area contributed by atoms with Crippen molar-refractivity contribution in [2.24, 2.45) is 4.99 Å². The van der Waals surface area contributed by atoms with E-state index in [-0.39, 0.29) is 23.6 Å². The molecule has 28 heavy (non-hydrogen) atoms. The zero-order valence-corrected chi connectivity index (χ0v) is 14.3. The fourth-order valence-electron chi connectivity index (χ4n) is 2.43. The van der Waals surface area contributed by atoms with E-state index in [2.05, 4.69) is 25.3 Å². The molecule has 2 aromatic rings. The Hall–Kier alpha value is -3.37. The van der Waals surface area contributed by atoms with Crippen molar-refractivity contribution in [3.63, 3.8) is 0 Å². The van der Waals surface area contributed by atoms with Crippen molar-refractivity contribution in [2.45, 2.75) is 18.8 Å². The standard InChI is InChI=1S/C17H15F4N5O2/c18-11-4-3-10(6-9(11)7-24-12-2-1-5-23-14(12)22)25-15(27)13-8-28-16(26-13)17(19,20)21/h1-6,13,24H,7-8H2,(H2,22,23)(H,25,27). The molecule has 0 spiro atoms. The first-order valence-corrected chi connectivity index (χ1v) is 8.05. The lowest BCUT2D eigenvalue weighted by atomic mass is 10.1. The van der Waals surface area contributed by atoms with Gasteiger partial charge in [-0.05, 0) is 30.3 Å². The van der Waals surface area contributed by atoms with Gasteiger partial charge in [0, 0.05) is 24.0 Å². The maximum absolute atomic E-state index is 14.0. The van der Waals surface area contributed by atoms with Crippen molar-refractivity contribution in [3.8, 4) is 0 Å². The van der Waals surface area contributed by atoms with Gasteiger partial charge in [0.05, 0.1) is 5.69 Å². The monoisotopic (exact) mass is 397 g/mol. The lowest BCUT2D eigenvalue weighted by Crippen LogP contribution is -2.27. The molecule has 1 unspecified atom stereocenters. The number of ether oxygens (including phenoxy) is 1. The van der Waals surface area contributed by atoms with Gasteiger partial charge in [-0.15, -0.1) is 0 Å². The van der Waals surface area contributed by atoms with Crippen LogP contribution in [0.3, 0.4) is 0 Å². The summed E-state index contributed by atoms with van der Waals surface area (Å²) in [5.41, 5.74) is 6.63. The van der Waals surface area contributed by atoms with Gasteiger partial charge in [-0.3, -0.25) is 4.79 Å². The highest BCUT2D eigenvalue weighted by atomic mass is 19.4. The minimum atomic E-state index is -4.75. The minimum absolute atomic E-state index is 0.0500. The van der Waals surface area contributed by atoms with Crippen LogP contribution in [0, 0.1) is 5.82 Å². The molecule has 0 saturated heterocycles. The maximum atomic E-state index is 14.0. The second-order valence-electron chi connectivity index (χ2n) is 5.84. The van der Waals surface area contributed by atoms with Gasteiger partial charge in [0.1, 0.15) is 18.2 Å². The van der Waals surface area contributed by atoms with Crippen LogP contribution in [-0.2, 0) is 16.1 Å². The molecule has 0 aliphatic carbocycles. The highest BCUT2D eigenvalue weighted by Gasteiger charge is 2.43. The Morgan fingerprint density at radius 3 is 2.79 bits per heavy atom. The van der Waals surface area contributed by atoms with Crippen LogP contribution in [-0.4, -0.2) is 35.6 Å². The molecule has 1 aromatic heterocycles. The van der Waals surface area contributed by atoms with Gasteiger partial charge in [-0.1, -0.05) is 0 Å². The molecule has 7 nitrogen and oxygen atoms in total. The number of hydrogen-bond donors (Lipinski definition) is 3. The smallest absolute Gasteiger partial charge is 0.468 e. The summed E-state index contributed by atoms with van der Waals surface area (Å²) in [6.45, 7) is -0.467. The van der Waals surface area contributed by atoms with E-state index in [4.69, 9.17) is 5.73 Å². The lowest BCUT2D eigenvalue weighted by Gasteiger charge is -2.12. The average molecular weight is 397 g/mol. The third kappa shape index (κ3) is 4.48. The molecular weight excluding hydrogens is 382 g/mol. The van der Waals surface area contributed by atoms with Crippen molar-refractivity contribution >= 4 is 29.0 Å². The molecular formula is C17H15F4N5O2. The lowest BCUT2D eigenvalue weighted by molar-refractivity contribution is -0.117. The SMILES string of the molecule is Nc1ncccc1NCc1cc(NC(=O)C2COC(C(F)(F)F)=N2)ccc1F. The second-order valence-corrected chi connectivity index (χ2v) is 5.84. The number of anilines is 3. The van der Waals surface area contributed by atoms with E-state index in [1.165, 1.54) is 18.3 Å². The summed E-state index contributed by atoms with van der Waals surface area (Å²) in [6, 6.07) is 5.77. The number of alkyl halides is 3. The number of hydrogen-bond acceptors (Lipinski definition) is 6. The number of amides is 1. The van der Waals surface area contributed by atoms with Gasteiger partial charge in [0.25, 0.3) is 11.8 Å². The Kier molecular flexibility index (Phi) is 5.34. The first-order valence-electron chi connectivity index (χ1n) is 8.05. The third-order valence-corrected chi connectivity index (χ3v) is 3.82. The number of carbonyl (C=O) groups excluding carboxylic acids is 1. The van der Waals surface area contributed by atoms with Crippen molar-refractivity contribution in [1.82, 2.24) is 4.98 Å². The number of halogens is 4. The average Bonchev–Trinajstić information content (AvgIpc) is 3.14.